The molecule has 0 nitrogen and oxygen atoms in total. The molecule has 0 saturated heterocycles. The van der Waals surface area contributed by atoms with Crippen LogP contribution in [-0.4, -0.2) is 0 Å². The van der Waals surface area contributed by atoms with Gasteiger partial charge in [-0.05, 0) is 5.92 Å². The first-order valence-corrected chi connectivity index (χ1v) is 2.79. The predicted molar refractivity (Wildman–Crippen MR) is 30.7 cm³/mol. The number of hydrogen-bond donors (Lipinski definition) is 0. The highest BCUT2D eigenvalue weighted by Crippen LogP contribution is 2.17. The highest BCUT2D eigenvalue weighted by Gasteiger charge is 2.11. The Morgan fingerprint density at radius 2 is 2.14 bits per heavy atom. The van der Waals surface area contributed by atoms with Gasteiger partial charge in [0.05, 0.1) is 0 Å². The van der Waals surface area contributed by atoms with E-state index in [0.29, 0.717) is 5.92 Å². The van der Waals surface area contributed by atoms with Gasteiger partial charge in [0.2, 0.25) is 0 Å². The average Bonchev–Trinajstić information content (AvgIpc) is 1.91. The van der Waals surface area contributed by atoms with Gasteiger partial charge in [-0.3, -0.25) is 0 Å². The summed E-state index contributed by atoms with van der Waals surface area (Å²) in [6.45, 7) is 4.42. The van der Waals surface area contributed by atoms with Gasteiger partial charge in [-0.15, -0.1) is 5.92 Å². The highest BCUT2D eigenvalue weighted by molar-refractivity contribution is 5.11. The van der Waals surface area contributed by atoms with Crippen LogP contribution in [0.25, 0.3) is 0 Å². The lowest BCUT2D eigenvalue weighted by atomic mass is 10.00. The number of hydrogen-bond acceptors (Lipinski definition) is 0. The fourth-order valence-electron chi connectivity index (χ4n) is 0.700. The van der Waals surface area contributed by atoms with Gasteiger partial charge in [-0.1, -0.05) is 19.8 Å². The van der Waals surface area contributed by atoms with E-state index in [-0.39, 0.29) is 0 Å². The monoisotopic (exact) mass is 94.1 g/mol. The molecule has 1 rings (SSSR count). The lowest BCUT2D eigenvalue weighted by molar-refractivity contribution is 0.506. The van der Waals surface area contributed by atoms with Crippen LogP contribution in [-0.2, 0) is 0 Å². The number of rotatable bonds is 0. The molecule has 0 saturated carbocycles. The molecule has 0 fully saturated rings. The molecular weight excluding hydrogens is 84.1 g/mol. The van der Waals surface area contributed by atoms with Crippen molar-refractivity contribution in [2.75, 3.05) is 0 Å². The topological polar surface area (TPSA) is 0 Å². The van der Waals surface area contributed by atoms with Crippen LogP contribution >= 0.6 is 0 Å². The second-order valence-electron chi connectivity index (χ2n) is 2.29. The van der Waals surface area contributed by atoms with Crippen LogP contribution in [0.5, 0.6) is 0 Å². The molecule has 0 amide bonds. The van der Waals surface area contributed by atoms with Crippen LogP contribution in [0.4, 0.5) is 0 Å². The average molecular weight is 94.2 g/mol. The molecule has 0 bridgehead atoms. The van der Waals surface area contributed by atoms with E-state index in [1.165, 1.54) is 0 Å². The molecule has 0 spiro atoms. The third-order valence-corrected chi connectivity index (χ3v) is 1.61. The van der Waals surface area contributed by atoms with E-state index in [4.69, 9.17) is 0 Å². The summed E-state index contributed by atoms with van der Waals surface area (Å²) in [5.41, 5.74) is 0. The van der Waals surface area contributed by atoms with Gasteiger partial charge in [-0.25, -0.2) is 0 Å². The molecule has 0 radical (unpaired) electrons. The van der Waals surface area contributed by atoms with Crippen molar-refractivity contribution < 1.29 is 0 Å². The van der Waals surface area contributed by atoms with Crippen LogP contribution in [0.2, 0.25) is 0 Å². The SMILES string of the molecule is CC1C#CCC1C. The summed E-state index contributed by atoms with van der Waals surface area (Å²) in [5, 5.41) is 0. The largest absolute Gasteiger partial charge is 0.103 e. The summed E-state index contributed by atoms with van der Waals surface area (Å²) in [5.74, 6) is 7.64. The van der Waals surface area contributed by atoms with E-state index < -0.39 is 0 Å². The van der Waals surface area contributed by atoms with E-state index >= 15 is 0 Å². The molecule has 0 aliphatic heterocycles. The minimum atomic E-state index is 0.653. The smallest absolute Gasteiger partial charge is 0.0209 e. The molecule has 0 heteroatoms. The third kappa shape index (κ3) is 0.771. The molecule has 0 N–H and O–H groups in total. The standard InChI is InChI=1S/C7H10/c1-6-4-3-5-7(6)2/h6-7H,4H2,1-2H3. The molecule has 1 aliphatic rings. The Morgan fingerprint density at radius 3 is 2.29 bits per heavy atom. The normalized spacial score (nSPS) is 37.4. The van der Waals surface area contributed by atoms with E-state index in [2.05, 4.69) is 25.7 Å². The molecule has 0 heterocycles. The summed E-state index contributed by atoms with van der Waals surface area (Å²) in [7, 11) is 0. The Hall–Kier alpha value is -0.440. The molecule has 2 unspecified atom stereocenters. The maximum atomic E-state index is 3.12. The molecule has 0 aromatic heterocycles. The highest BCUT2D eigenvalue weighted by atomic mass is 14.1. The second kappa shape index (κ2) is 1.58. The summed E-state index contributed by atoms with van der Waals surface area (Å²) >= 11 is 0. The van der Waals surface area contributed by atoms with Crippen LogP contribution in [0.15, 0.2) is 0 Å². The molecule has 1 aliphatic carbocycles. The minimum absolute atomic E-state index is 0.653. The first kappa shape index (κ1) is 4.71. The maximum absolute atomic E-state index is 3.12. The van der Waals surface area contributed by atoms with Crippen LogP contribution in [0, 0.1) is 23.7 Å². The van der Waals surface area contributed by atoms with Crippen molar-refractivity contribution in [2.45, 2.75) is 20.3 Å². The molecular formula is C7H10. The summed E-state index contributed by atoms with van der Waals surface area (Å²) in [4.78, 5) is 0. The minimum Gasteiger partial charge on any atom is -0.103 e. The van der Waals surface area contributed by atoms with Crippen molar-refractivity contribution >= 4 is 0 Å². The maximum Gasteiger partial charge on any atom is 0.0209 e. The zero-order valence-electron chi connectivity index (χ0n) is 4.86. The molecule has 0 aromatic rings. The Balaban J connectivity index is 2.50. The fraction of sp³-hybridized carbons (Fsp3) is 0.714. The Labute approximate surface area is 44.9 Å². The van der Waals surface area contributed by atoms with Crippen LogP contribution in [0.3, 0.4) is 0 Å². The van der Waals surface area contributed by atoms with Crippen molar-refractivity contribution in [1.82, 2.24) is 0 Å². The Kier molecular flexibility index (Phi) is 1.06. The van der Waals surface area contributed by atoms with E-state index in [1.807, 2.05) is 0 Å². The van der Waals surface area contributed by atoms with Gasteiger partial charge in [0.15, 0.2) is 0 Å². The quantitative estimate of drug-likeness (QED) is 0.400. The fourth-order valence-corrected chi connectivity index (χ4v) is 0.700. The lowest BCUT2D eigenvalue weighted by Crippen LogP contribution is -1.97. The lowest BCUT2D eigenvalue weighted by Gasteiger charge is -2.03. The van der Waals surface area contributed by atoms with Gasteiger partial charge >= 0.3 is 0 Å². The molecule has 0 aromatic carbocycles. The zero-order valence-corrected chi connectivity index (χ0v) is 4.86. The van der Waals surface area contributed by atoms with Gasteiger partial charge < -0.3 is 0 Å². The third-order valence-electron chi connectivity index (χ3n) is 1.61. The summed E-state index contributed by atoms with van der Waals surface area (Å²) in [6, 6.07) is 0. The van der Waals surface area contributed by atoms with Crippen molar-refractivity contribution in [3.8, 4) is 11.8 Å². The van der Waals surface area contributed by atoms with Crippen LogP contribution in [0.1, 0.15) is 20.3 Å². The van der Waals surface area contributed by atoms with E-state index in [9.17, 15) is 0 Å². The van der Waals surface area contributed by atoms with E-state index in [1.54, 1.807) is 0 Å². The van der Waals surface area contributed by atoms with Crippen molar-refractivity contribution in [2.24, 2.45) is 11.8 Å². The van der Waals surface area contributed by atoms with Gasteiger partial charge in [0.1, 0.15) is 0 Å². The Morgan fingerprint density at radius 1 is 1.43 bits per heavy atom. The van der Waals surface area contributed by atoms with Gasteiger partial charge in [0.25, 0.3) is 0 Å². The molecule has 2 atom stereocenters. The van der Waals surface area contributed by atoms with Crippen molar-refractivity contribution in [3.05, 3.63) is 0 Å². The van der Waals surface area contributed by atoms with Crippen molar-refractivity contribution in [3.63, 3.8) is 0 Å². The summed E-state index contributed by atoms with van der Waals surface area (Å²) < 4.78 is 0. The Bertz CT molecular complexity index is 114. The van der Waals surface area contributed by atoms with E-state index in [0.717, 1.165) is 12.3 Å². The van der Waals surface area contributed by atoms with Crippen LogP contribution < -0.4 is 0 Å². The molecule has 38 valence electrons. The first-order valence-electron chi connectivity index (χ1n) is 2.79. The van der Waals surface area contributed by atoms with Crippen molar-refractivity contribution in [1.29, 1.82) is 0 Å². The summed E-state index contributed by atoms with van der Waals surface area (Å²) in [6.07, 6.45) is 1.11. The molecule has 7 heavy (non-hydrogen) atoms. The van der Waals surface area contributed by atoms with Gasteiger partial charge in [0, 0.05) is 12.3 Å². The predicted octanol–water partition coefficient (Wildman–Crippen LogP) is 1.67. The van der Waals surface area contributed by atoms with Gasteiger partial charge in [-0.2, -0.15) is 0 Å². The first-order chi connectivity index (χ1) is 3.30. The second-order valence-corrected chi connectivity index (χ2v) is 2.29. The zero-order chi connectivity index (χ0) is 5.28.